The monoisotopic (exact) mass is 793 g/mol. The fourth-order valence-electron chi connectivity index (χ4n) is 8.82. The second kappa shape index (κ2) is 14.6. The van der Waals surface area contributed by atoms with E-state index in [9.17, 15) is 0 Å². The molecule has 0 amide bonds. The zero-order valence-electron chi connectivity index (χ0n) is 33.3. The zero-order chi connectivity index (χ0) is 41.0. The van der Waals surface area contributed by atoms with E-state index in [2.05, 4.69) is 161 Å². The Hall–Kier alpha value is -8.55. The van der Waals surface area contributed by atoms with E-state index >= 15 is 0 Å². The van der Waals surface area contributed by atoms with Gasteiger partial charge in [-0.3, -0.25) is 9.97 Å². The van der Waals surface area contributed by atoms with Crippen molar-refractivity contribution >= 4 is 43.6 Å². The first-order valence-corrected chi connectivity index (χ1v) is 20.7. The van der Waals surface area contributed by atoms with E-state index in [1.807, 2.05) is 60.9 Å². The molecule has 0 bridgehead atoms. The van der Waals surface area contributed by atoms with Gasteiger partial charge >= 0.3 is 0 Å². The maximum Gasteiger partial charge on any atom is 0.164 e. The van der Waals surface area contributed by atoms with Crippen LogP contribution in [0.1, 0.15) is 0 Å². The van der Waals surface area contributed by atoms with Gasteiger partial charge in [0, 0.05) is 73.1 Å². The van der Waals surface area contributed by atoms with Gasteiger partial charge in [0.2, 0.25) is 0 Å². The molecule has 290 valence electrons. The molecule has 7 heteroatoms. The van der Waals surface area contributed by atoms with E-state index in [4.69, 9.17) is 24.9 Å². The molecule has 0 radical (unpaired) electrons. The Morgan fingerprint density at radius 3 is 1.00 bits per heavy atom. The highest BCUT2D eigenvalue weighted by Gasteiger charge is 2.20. The number of rotatable bonds is 7. The summed E-state index contributed by atoms with van der Waals surface area (Å²) in [6, 6.07) is 69.6. The van der Waals surface area contributed by atoms with Crippen molar-refractivity contribution in [1.29, 1.82) is 0 Å². The van der Waals surface area contributed by atoms with Crippen molar-refractivity contribution in [3.05, 3.63) is 213 Å². The van der Waals surface area contributed by atoms with Crippen LogP contribution in [0.4, 0.5) is 0 Å². The first-order chi connectivity index (χ1) is 30.7. The summed E-state index contributed by atoms with van der Waals surface area (Å²) >= 11 is 0. The van der Waals surface area contributed by atoms with E-state index in [0.717, 1.165) is 72.6 Å². The van der Waals surface area contributed by atoms with Crippen LogP contribution in [-0.4, -0.2) is 34.1 Å². The van der Waals surface area contributed by atoms with Crippen LogP contribution in [0.3, 0.4) is 0 Å². The molecule has 0 aliphatic rings. The fourth-order valence-corrected chi connectivity index (χ4v) is 8.82. The molecule has 0 N–H and O–H groups in total. The van der Waals surface area contributed by atoms with Gasteiger partial charge in [-0.1, -0.05) is 133 Å². The van der Waals surface area contributed by atoms with Crippen LogP contribution in [0.25, 0.3) is 112 Å². The second-order valence-corrected chi connectivity index (χ2v) is 15.4. The zero-order valence-corrected chi connectivity index (χ0v) is 33.3. The van der Waals surface area contributed by atoms with Crippen molar-refractivity contribution < 1.29 is 0 Å². The third kappa shape index (κ3) is 6.02. The standard InChI is InChI=1S/C55H35N7/c1-3-15-36(16-4-1)47-33-38(27-29-56-47)53-58-54(39-28-30-57-48(34-39)37-17-5-2-6-18-37)60-55(59-53)40-31-41(61-49-23-11-7-19-43(49)44-20-8-12-24-50(44)61)35-42(32-40)62-51-25-13-9-21-45(51)46-22-10-14-26-52(46)62/h1-35H. The molecule has 0 spiro atoms. The lowest BCUT2D eigenvalue weighted by atomic mass is 10.1. The summed E-state index contributed by atoms with van der Waals surface area (Å²) in [6.45, 7) is 0. The molecule has 0 saturated heterocycles. The average molecular weight is 794 g/mol. The lowest BCUT2D eigenvalue weighted by molar-refractivity contribution is 1.06. The number of benzene rings is 7. The van der Waals surface area contributed by atoms with Crippen LogP contribution in [0.2, 0.25) is 0 Å². The molecule has 7 nitrogen and oxygen atoms in total. The molecule has 5 heterocycles. The van der Waals surface area contributed by atoms with E-state index in [-0.39, 0.29) is 0 Å². The van der Waals surface area contributed by atoms with Gasteiger partial charge in [0.15, 0.2) is 17.5 Å². The summed E-state index contributed by atoms with van der Waals surface area (Å²) in [4.78, 5) is 25.3. The van der Waals surface area contributed by atoms with Crippen molar-refractivity contribution in [2.75, 3.05) is 0 Å². The number of fused-ring (bicyclic) bond motifs is 6. The van der Waals surface area contributed by atoms with Gasteiger partial charge in [-0.2, -0.15) is 0 Å². The molecular formula is C55H35N7. The Balaban J connectivity index is 1.14. The maximum atomic E-state index is 5.32. The summed E-state index contributed by atoms with van der Waals surface area (Å²) in [5.41, 5.74) is 12.7. The lowest BCUT2D eigenvalue weighted by Crippen LogP contribution is -2.04. The Morgan fingerprint density at radius 1 is 0.274 bits per heavy atom. The molecule has 12 aromatic rings. The van der Waals surface area contributed by atoms with Gasteiger partial charge in [-0.05, 0) is 66.7 Å². The van der Waals surface area contributed by atoms with E-state index in [0.29, 0.717) is 17.5 Å². The molecule has 0 aliphatic heterocycles. The number of hydrogen-bond donors (Lipinski definition) is 0. The predicted molar refractivity (Wildman–Crippen MR) is 251 cm³/mol. The Bertz CT molecular complexity index is 3310. The van der Waals surface area contributed by atoms with Gasteiger partial charge in [-0.25, -0.2) is 15.0 Å². The van der Waals surface area contributed by atoms with Crippen LogP contribution < -0.4 is 0 Å². The smallest absolute Gasteiger partial charge is 0.164 e. The molecule has 12 rings (SSSR count). The summed E-state index contributed by atoms with van der Waals surface area (Å²) in [7, 11) is 0. The number of aromatic nitrogens is 7. The number of hydrogen-bond acceptors (Lipinski definition) is 5. The Morgan fingerprint density at radius 2 is 0.613 bits per heavy atom. The summed E-state index contributed by atoms with van der Waals surface area (Å²) < 4.78 is 4.72. The van der Waals surface area contributed by atoms with Gasteiger partial charge in [0.05, 0.1) is 33.5 Å². The van der Waals surface area contributed by atoms with Gasteiger partial charge < -0.3 is 9.13 Å². The van der Waals surface area contributed by atoms with E-state index in [1.165, 1.54) is 21.5 Å². The summed E-state index contributed by atoms with van der Waals surface area (Å²) in [5.74, 6) is 1.64. The summed E-state index contributed by atoms with van der Waals surface area (Å²) in [5, 5.41) is 4.76. The van der Waals surface area contributed by atoms with Crippen LogP contribution in [0, 0.1) is 0 Å². The summed E-state index contributed by atoms with van der Waals surface area (Å²) in [6.07, 6.45) is 3.65. The molecule has 0 saturated carbocycles. The fraction of sp³-hybridized carbons (Fsp3) is 0. The third-order valence-electron chi connectivity index (χ3n) is 11.6. The number of para-hydroxylation sites is 4. The minimum Gasteiger partial charge on any atom is -0.309 e. The third-order valence-corrected chi connectivity index (χ3v) is 11.6. The SMILES string of the molecule is c1ccc(-c2cc(-c3nc(-c4cc(-n5c6ccccc6c6ccccc65)cc(-n5c6ccccc6c6ccccc65)c4)nc(-c4ccnc(-c5ccccc5)c4)n3)ccn2)cc1. The highest BCUT2D eigenvalue weighted by molar-refractivity contribution is 6.10. The largest absolute Gasteiger partial charge is 0.309 e. The highest BCUT2D eigenvalue weighted by atomic mass is 15.0. The minimum absolute atomic E-state index is 0.545. The predicted octanol–water partition coefficient (Wildman–Crippen LogP) is 13.2. The van der Waals surface area contributed by atoms with Crippen LogP contribution in [-0.2, 0) is 0 Å². The van der Waals surface area contributed by atoms with Gasteiger partial charge in [-0.15, -0.1) is 0 Å². The van der Waals surface area contributed by atoms with Crippen molar-refractivity contribution in [1.82, 2.24) is 34.1 Å². The molecule has 5 aromatic heterocycles. The molecule has 0 aliphatic carbocycles. The van der Waals surface area contributed by atoms with Crippen molar-refractivity contribution in [2.45, 2.75) is 0 Å². The van der Waals surface area contributed by atoms with Crippen molar-refractivity contribution in [3.63, 3.8) is 0 Å². The van der Waals surface area contributed by atoms with Crippen molar-refractivity contribution in [2.24, 2.45) is 0 Å². The first-order valence-electron chi connectivity index (χ1n) is 20.7. The van der Waals surface area contributed by atoms with E-state index in [1.54, 1.807) is 0 Å². The maximum absolute atomic E-state index is 5.32. The number of pyridine rings is 2. The van der Waals surface area contributed by atoms with Crippen LogP contribution in [0.15, 0.2) is 213 Å². The van der Waals surface area contributed by atoms with Gasteiger partial charge in [0.25, 0.3) is 0 Å². The molecule has 0 unspecified atom stereocenters. The Labute approximate surface area is 356 Å². The van der Waals surface area contributed by atoms with Crippen molar-refractivity contribution in [3.8, 4) is 68.1 Å². The quantitative estimate of drug-likeness (QED) is 0.161. The normalized spacial score (nSPS) is 11.5. The second-order valence-electron chi connectivity index (χ2n) is 15.4. The average Bonchev–Trinajstić information content (AvgIpc) is 3.88. The van der Waals surface area contributed by atoms with Gasteiger partial charge in [0.1, 0.15) is 0 Å². The molecule has 62 heavy (non-hydrogen) atoms. The van der Waals surface area contributed by atoms with Crippen LogP contribution >= 0.6 is 0 Å². The number of nitrogens with zero attached hydrogens (tertiary/aromatic N) is 7. The molecule has 0 atom stereocenters. The molecule has 7 aromatic carbocycles. The topological polar surface area (TPSA) is 74.3 Å². The first kappa shape index (κ1) is 35.4. The molecule has 0 fully saturated rings. The minimum atomic E-state index is 0.545. The molecular weight excluding hydrogens is 759 g/mol. The lowest BCUT2D eigenvalue weighted by Gasteiger charge is -2.16. The highest BCUT2D eigenvalue weighted by Crippen LogP contribution is 2.38. The Kier molecular flexibility index (Phi) is 8.35. The van der Waals surface area contributed by atoms with E-state index < -0.39 is 0 Å². The van der Waals surface area contributed by atoms with Crippen LogP contribution in [0.5, 0.6) is 0 Å².